The van der Waals surface area contributed by atoms with Crippen molar-refractivity contribution in [2.45, 2.75) is 19.3 Å². The fraction of sp³-hybridized carbons (Fsp3) is 0.364. The highest BCUT2D eigenvalue weighted by molar-refractivity contribution is 6.20. The fourth-order valence-corrected chi connectivity index (χ4v) is 1.36. The first-order valence-corrected chi connectivity index (χ1v) is 5.45. The van der Waals surface area contributed by atoms with Crippen LogP contribution in [-0.2, 0) is 4.79 Å². The van der Waals surface area contributed by atoms with Crippen molar-refractivity contribution in [3.05, 3.63) is 29.8 Å². The average Bonchev–Trinajstić information content (AvgIpc) is 2.26. The van der Waals surface area contributed by atoms with Gasteiger partial charge in [0.05, 0.1) is 6.54 Å². The monoisotopic (exact) mass is 239 g/mol. The van der Waals surface area contributed by atoms with E-state index in [9.17, 15) is 4.79 Å². The maximum Gasteiger partial charge on any atom is 0.221 e. The Hall–Kier alpha value is -1.42. The van der Waals surface area contributed by atoms with E-state index in [4.69, 9.17) is 11.6 Å². The summed E-state index contributed by atoms with van der Waals surface area (Å²) in [5.41, 5.74) is 1.13. The van der Waals surface area contributed by atoms with Crippen LogP contribution in [0.1, 0.15) is 24.9 Å². The van der Waals surface area contributed by atoms with Gasteiger partial charge in [0.15, 0.2) is 5.50 Å². The number of carbonyl (C=O) groups is 1. The van der Waals surface area contributed by atoms with Crippen LogP contribution in [0.5, 0.6) is 0 Å². The van der Waals surface area contributed by atoms with Crippen LogP contribution in [0.3, 0.4) is 0 Å². The molecule has 5 heteroatoms. The zero-order valence-electron chi connectivity index (χ0n) is 9.27. The molecule has 0 radical (unpaired) electrons. The lowest BCUT2D eigenvalue weighted by molar-refractivity contribution is -0.114. The first kappa shape index (κ1) is 12.6. The average molecular weight is 240 g/mol. The van der Waals surface area contributed by atoms with E-state index in [0.29, 0.717) is 6.54 Å². The minimum atomic E-state index is -0.466. The molecule has 0 aliphatic carbocycles. The number of hydrogen-bond donors (Lipinski definition) is 1. The van der Waals surface area contributed by atoms with Crippen LogP contribution >= 0.6 is 11.6 Å². The van der Waals surface area contributed by atoms with Crippen LogP contribution in [0, 0.1) is 0 Å². The van der Waals surface area contributed by atoms with Crippen molar-refractivity contribution in [3.63, 3.8) is 0 Å². The van der Waals surface area contributed by atoms with Gasteiger partial charge in [0, 0.05) is 12.6 Å². The molecule has 0 aliphatic heterocycles. The van der Waals surface area contributed by atoms with Gasteiger partial charge in [0.1, 0.15) is 0 Å². The molecule has 0 fully saturated rings. The number of rotatable bonds is 4. The molecular formula is C11H14ClN3O. The topological polar surface area (TPSA) is 53.8 Å². The Bertz CT molecular complexity index is 375. The standard InChI is InChI=1S/C11H14ClN3O/c1-3-13-15-11(12)9-4-6-10(7-5-9)14-8(2)16/h4-7,11H,3H2,1-2H3,(H,14,16). The third-order valence-corrected chi connectivity index (χ3v) is 2.17. The van der Waals surface area contributed by atoms with E-state index < -0.39 is 5.50 Å². The first-order chi connectivity index (χ1) is 7.63. The summed E-state index contributed by atoms with van der Waals surface area (Å²) in [5.74, 6) is -0.0964. The highest BCUT2D eigenvalue weighted by atomic mass is 35.5. The summed E-state index contributed by atoms with van der Waals surface area (Å²) in [6.45, 7) is 3.98. The number of amides is 1. The van der Waals surface area contributed by atoms with Gasteiger partial charge in [-0.1, -0.05) is 23.7 Å². The van der Waals surface area contributed by atoms with E-state index in [2.05, 4.69) is 15.5 Å². The Morgan fingerprint density at radius 3 is 2.56 bits per heavy atom. The third-order valence-electron chi connectivity index (χ3n) is 1.83. The molecule has 0 saturated carbocycles. The molecule has 1 unspecified atom stereocenters. The Labute approximate surface area is 99.7 Å². The predicted molar refractivity (Wildman–Crippen MR) is 64.7 cm³/mol. The van der Waals surface area contributed by atoms with Gasteiger partial charge in [0.25, 0.3) is 0 Å². The number of alkyl halides is 1. The second kappa shape index (κ2) is 6.23. The zero-order valence-corrected chi connectivity index (χ0v) is 10.0. The van der Waals surface area contributed by atoms with E-state index >= 15 is 0 Å². The SMILES string of the molecule is CCN=NC(Cl)c1ccc(NC(C)=O)cc1. The summed E-state index contributed by atoms with van der Waals surface area (Å²) in [6.07, 6.45) is 0. The smallest absolute Gasteiger partial charge is 0.221 e. The van der Waals surface area contributed by atoms with Gasteiger partial charge in [0.2, 0.25) is 5.91 Å². The number of nitrogens with one attached hydrogen (secondary N) is 1. The summed E-state index contributed by atoms with van der Waals surface area (Å²) in [6, 6.07) is 7.20. The zero-order chi connectivity index (χ0) is 12.0. The Kier molecular flexibility index (Phi) is 4.92. The predicted octanol–water partition coefficient (Wildman–Crippen LogP) is 3.35. The van der Waals surface area contributed by atoms with Crippen molar-refractivity contribution >= 4 is 23.2 Å². The third kappa shape index (κ3) is 3.98. The molecule has 0 bridgehead atoms. The Morgan fingerprint density at radius 1 is 1.44 bits per heavy atom. The molecule has 1 rings (SSSR count). The maximum absolute atomic E-state index is 10.8. The summed E-state index contributed by atoms with van der Waals surface area (Å²) in [7, 11) is 0. The lowest BCUT2D eigenvalue weighted by atomic mass is 10.2. The minimum absolute atomic E-state index is 0.0964. The molecule has 1 N–H and O–H groups in total. The number of azo groups is 1. The van der Waals surface area contributed by atoms with Gasteiger partial charge in [-0.2, -0.15) is 10.2 Å². The van der Waals surface area contributed by atoms with E-state index in [1.807, 2.05) is 19.1 Å². The fourth-order valence-electron chi connectivity index (χ4n) is 1.15. The molecule has 0 spiro atoms. The second-order valence-corrected chi connectivity index (χ2v) is 3.63. The minimum Gasteiger partial charge on any atom is -0.326 e. The van der Waals surface area contributed by atoms with E-state index in [1.54, 1.807) is 12.1 Å². The number of anilines is 1. The van der Waals surface area contributed by atoms with Crippen molar-refractivity contribution < 1.29 is 4.79 Å². The summed E-state index contributed by atoms with van der Waals surface area (Å²) in [4.78, 5) is 10.8. The molecular weight excluding hydrogens is 226 g/mol. The van der Waals surface area contributed by atoms with Crippen LogP contribution in [0.15, 0.2) is 34.5 Å². The van der Waals surface area contributed by atoms with E-state index in [1.165, 1.54) is 6.92 Å². The van der Waals surface area contributed by atoms with Crippen molar-refractivity contribution in [2.75, 3.05) is 11.9 Å². The van der Waals surface area contributed by atoms with Crippen molar-refractivity contribution in [1.82, 2.24) is 0 Å². The van der Waals surface area contributed by atoms with Crippen LogP contribution < -0.4 is 5.32 Å². The highest BCUT2D eigenvalue weighted by Gasteiger charge is 2.05. The number of benzene rings is 1. The summed E-state index contributed by atoms with van der Waals surface area (Å²) >= 11 is 6.00. The van der Waals surface area contributed by atoms with Gasteiger partial charge in [-0.25, -0.2) is 0 Å². The molecule has 86 valence electrons. The summed E-state index contributed by atoms with van der Waals surface area (Å²) in [5, 5.41) is 10.4. The lowest BCUT2D eigenvalue weighted by Gasteiger charge is -2.05. The van der Waals surface area contributed by atoms with Crippen LogP contribution in [0.4, 0.5) is 5.69 Å². The molecule has 0 saturated heterocycles. The van der Waals surface area contributed by atoms with E-state index in [0.717, 1.165) is 11.3 Å². The Morgan fingerprint density at radius 2 is 2.06 bits per heavy atom. The lowest BCUT2D eigenvalue weighted by Crippen LogP contribution is -2.05. The molecule has 1 atom stereocenters. The number of nitrogens with zero attached hydrogens (tertiary/aromatic N) is 2. The van der Waals surface area contributed by atoms with Crippen molar-refractivity contribution in [1.29, 1.82) is 0 Å². The molecule has 0 aromatic heterocycles. The van der Waals surface area contributed by atoms with Gasteiger partial charge >= 0.3 is 0 Å². The molecule has 1 amide bonds. The van der Waals surface area contributed by atoms with Crippen LogP contribution in [-0.4, -0.2) is 12.5 Å². The molecule has 1 aromatic carbocycles. The molecule has 0 heterocycles. The van der Waals surface area contributed by atoms with Gasteiger partial charge in [-0.05, 0) is 24.6 Å². The van der Waals surface area contributed by atoms with Gasteiger partial charge in [-0.15, -0.1) is 0 Å². The van der Waals surface area contributed by atoms with Crippen molar-refractivity contribution in [2.24, 2.45) is 10.2 Å². The number of hydrogen-bond acceptors (Lipinski definition) is 3. The summed E-state index contributed by atoms with van der Waals surface area (Å²) < 4.78 is 0. The molecule has 16 heavy (non-hydrogen) atoms. The number of halogens is 1. The normalized spacial score (nSPS) is 12.7. The van der Waals surface area contributed by atoms with Gasteiger partial charge < -0.3 is 5.32 Å². The highest BCUT2D eigenvalue weighted by Crippen LogP contribution is 2.23. The first-order valence-electron chi connectivity index (χ1n) is 5.01. The van der Waals surface area contributed by atoms with Crippen LogP contribution in [0.25, 0.3) is 0 Å². The van der Waals surface area contributed by atoms with Crippen LogP contribution in [0.2, 0.25) is 0 Å². The van der Waals surface area contributed by atoms with Crippen molar-refractivity contribution in [3.8, 4) is 0 Å². The quantitative estimate of drug-likeness (QED) is 0.489. The number of carbonyl (C=O) groups excluding carboxylic acids is 1. The maximum atomic E-state index is 10.8. The molecule has 0 aliphatic rings. The second-order valence-electron chi connectivity index (χ2n) is 3.21. The Balaban J connectivity index is 2.70. The van der Waals surface area contributed by atoms with Gasteiger partial charge in [-0.3, -0.25) is 4.79 Å². The molecule has 4 nitrogen and oxygen atoms in total. The van der Waals surface area contributed by atoms with E-state index in [-0.39, 0.29) is 5.91 Å². The molecule has 1 aromatic rings. The largest absolute Gasteiger partial charge is 0.326 e.